The van der Waals surface area contributed by atoms with Crippen molar-refractivity contribution in [2.75, 3.05) is 33.2 Å². The number of benzene rings is 2. The monoisotopic (exact) mass is 383 g/mol. The molecule has 2 heterocycles. The van der Waals surface area contributed by atoms with E-state index in [4.69, 9.17) is 4.74 Å². The second-order valence-electron chi connectivity index (χ2n) is 7.34. The summed E-state index contributed by atoms with van der Waals surface area (Å²) in [6.07, 6.45) is -0.431. The van der Waals surface area contributed by atoms with Gasteiger partial charge in [-0.05, 0) is 44.2 Å². The third-order valence-corrected chi connectivity index (χ3v) is 5.40. The molecule has 2 aromatic carbocycles. The molecule has 8 heteroatoms. The number of carbonyl (C=O) groups is 1. The van der Waals surface area contributed by atoms with Gasteiger partial charge in [-0.1, -0.05) is 0 Å². The molecule has 1 aromatic heterocycles. The van der Waals surface area contributed by atoms with Crippen molar-refractivity contribution in [3.63, 3.8) is 0 Å². The molecule has 28 heavy (non-hydrogen) atoms. The Kier molecular flexibility index (Phi) is 4.43. The zero-order valence-electron chi connectivity index (χ0n) is 16.2. The molecule has 0 radical (unpaired) electrons. The highest BCUT2D eigenvalue weighted by atomic mass is 16.6. The first-order valence-electron chi connectivity index (χ1n) is 9.22. The van der Waals surface area contributed by atoms with Gasteiger partial charge in [0.1, 0.15) is 5.75 Å². The van der Waals surface area contributed by atoms with Gasteiger partial charge in [0.05, 0.1) is 4.43 Å². The smallest absolute Gasteiger partial charge is 0.415 e. The Balaban J connectivity index is 1.73. The Morgan fingerprint density at radius 3 is 2.36 bits per heavy atom. The lowest BCUT2D eigenvalue weighted by molar-refractivity contribution is -0.433. The maximum Gasteiger partial charge on any atom is 0.415 e. The number of carbonyl (C=O) groups excluding carboxylic acids is 1. The predicted octanol–water partition coefficient (Wildman–Crippen LogP) is 2.31. The van der Waals surface area contributed by atoms with E-state index in [1.165, 1.54) is 6.07 Å². The second kappa shape index (κ2) is 6.79. The predicted molar refractivity (Wildman–Crippen MR) is 105 cm³/mol. The van der Waals surface area contributed by atoms with Gasteiger partial charge in [0.15, 0.2) is 11.0 Å². The molecule has 0 saturated carbocycles. The lowest BCUT2D eigenvalue weighted by atomic mass is 10.1. The minimum Gasteiger partial charge on any atom is -0.427 e. The van der Waals surface area contributed by atoms with Gasteiger partial charge in [-0.15, -0.1) is 0 Å². The highest BCUT2D eigenvalue weighted by Crippen LogP contribution is 2.24. The maximum atomic E-state index is 12.8. The van der Waals surface area contributed by atoms with Crippen molar-refractivity contribution in [2.24, 2.45) is 0 Å². The summed E-state index contributed by atoms with van der Waals surface area (Å²) in [5.74, 6) is 0.280. The van der Waals surface area contributed by atoms with Crippen LogP contribution in [0.25, 0.3) is 22.1 Å². The van der Waals surface area contributed by atoms with E-state index in [0.717, 1.165) is 33.4 Å². The van der Waals surface area contributed by atoms with Crippen LogP contribution in [0.4, 0.5) is 4.79 Å². The van der Waals surface area contributed by atoms with Crippen LogP contribution in [0.5, 0.6) is 5.75 Å². The molecule has 1 N–H and O–H groups in total. The molecule has 0 atom stereocenters. The van der Waals surface area contributed by atoms with Gasteiger partial charge < -0.3 is 19.7 Å². The highest BCUT2D eigenvalue weighted by molar-refractivity contribution is 5.84. The fourth-order valence-electron chi connectivity index (χ4n) is 3.44. The van der Waals surface area contributed by atoms with Crippen LogP contribution >= 0.6 is 0 Å². The van der Waals surface area contributed by atoms with Crippen LogP contribution < -0.4 is 9.16 Å². The number of likely N-dealkylation sites (N-methyl/N-ethyl adjacent to an activating group) is 1. The van der Waals surface area contributed by atoms with Crippen LogP contribution in [0.1, 0.15) is 11.1 Å². The molecule has 1 saturated heterocycles. The van der Waals surface area contributed by atoms with E-state index >= 15 is 0 Å². The van der Waals surface area contributed by atoms with E-state index in [9.17, 15) is 14.9 Å². The molecule has 0 aliphatic carbocycles. The number of piperazine rings is 1. The Bertz CT molecular complexity index is 1150. The molecule has 1 amide bonds. The Morgan fingerprint density at radius 1 is 1.00 bits per heavy atom. The van der Waals surface area contributed by atoms with E-state index in [0.29, 0.717) is 24.1 Å². The van der Waals surface area contributed by atoms with Gasteiger partial charge >= 0.3 is 6.09 Å². The molecule has 8 nitrogen and oxygen atoms in total. The Morgan fingerprint density at radius 2 is 1.64 bits per heavy atom. The number of rotatable bonds is 1. The lowest BCUT2D eigenvalue weighted by Gasteiger charge is -2.31. The van der Waals surface area contributed by atoms with E-state index < -0.39 is 6.09 Å². The van der Waals surface area contributed by atoms with E-state index in [1.54, 1.807) is 29.2 Å². The highest BCUT2D eigenvalue weighted by Gasteiger charge is 2.23. The molecular formula is C20H23N4O4+. The molecule has 146 valence electrons. The van der Waals surface area contributed by atoms with Gasteiger partial charge in [-0.2, -0.15) is 4.73 Å². The summed E-state index contributed by atoms with van der Waals surface area (Å²) in [5, 5.41) is 10.7. The Labute approximate surface area is 161 Å². The average molecular weight is 383 g/mol. The SMILES string of the molecule is Cc1cc2c(cc1C)[n+](=O)c1ccc(OC(=O)N3CCN(C)CC3)cc1n2O. The van der Waals surface area contributed by atoms with Gasteiger partial charge in [0, 0.05) is 49.3 Å². The zero-order valence-corrected chi connectivity index (χ0v) is 16.2. The number of nitrogens with zero attached hydrogens (tertiary/aromatic N) is 4. The number of hydrogen-bond donors (Lipinski definition) is 1. The van der Waals surface area contributed by atoms with Crippen LogP contribution in [0.15, 0.2) is 30.3 Å². The second-order valence-corrected chi connectivity index (χ2v) is 7.34. The molecule has 0 bridgehead atoms. The summed E-state index contributed by atoms with van der Waals surface area (Å²) in [7, 11) is 2.01. The number of hydrogen-bond acceptors (Lipinski definition) is 5. The molecule has 0 unspecified atom stereocenters. The molecule has 0 spiro atoms. The largest absolute Gasteiger partial charge is 0.427 e. The van der Waals surface area contributed by atoms with E-state index in [2.05, 4.69) is 4.90 Å². The standard InChI is InChI=1S/C20H23N4O4/c1-13-10-17-18(11-14(13)2)24(27)19-12-15(4-5-16(19)23(17)26)28-20(25)22-8-6-21(3)7-9-22/h4-5,10-12,27H,6-9H2,1-3H3/q+1. The van der Waals surface area contributed by atoms with Crippen LogP contribution in [-0.2, 0) is 0 Å². The number of ether oxygens (including phenoxy) is 1. The molecular weight excluding hydrogens is 360 g/mol. The fourth-order valence-corrected chi connectivity index (χ4v) is 3.44. The van der Waals surface area contributed by atoms with Crippen molar-refractivity contribution in [2.45, 2.75) is 13.8 Å². The van der Waals surface area contributed by atoms with Crippen molar-refractivity contribution in [3.05, 3.63) is 46.4 Å². The van der Waals surface area contributed by atoms with Crippen molar-refractivity contribution in [1.29, 1.82) is 0 Å². The van der Waals surface area contributed by atoms with E-state index in [-0.39, 0.29) is 16.8 Å². The van der Waals surface area contributed by atoms with Crippen LogP contribution in [0, 0.1) is 18.8 Å². The van der Waals surface area contributed by atoms with Gasteiger partial charge in [0.25, 0.3) is 11.0 Å². The number of fused-ring (bicyclic) bond motifs is 2. The van der Waals surface area contributed by atoms with Crippen LogP contribution in [0.2, 0.25) is 0 Å². The molecule has 1 aliphatic heterocycles. The summed E-state index contributed by atoms with van der Waals surface area (Å²) in [6.45, 7) is 6.64. The third kappa shape index (κ3) is 3.05. The third-order valence-electron chi connectivity index (χ3n) is 5.40. The number of amides is 1. The van der Waals surface area contributed by atoms with Gasteiger partial charge in [-0.3, -0.25) is 0 Å². The average Bonchev–Trinajstić information content (AvgIpc) is 2.68. The van der Waals surface area contributed by atoms with Crippen LogP contribution in [-0.4, -0.2) is 59.1 Å². The summed E-state index contributed by atoms with van der Waals surface area (Å²) in [6, 6.07) is 8.15. The topological polar surface area (TPSA) is 80.9 Å². The molecule has 1 aliphatic rings. The zero-order chi connectivity index (χ0) is 20.0. The summed E-state index contributed by atoms with van der Waals surface area (Å²) in [5.41, 5.74) is 3.27. The number of aromatic nitrogens is 2. The summed E-state index contributed by atoms with van der Waals surface area (Å²) < 4.78 is 7.24. The first-order valence-corrected chi connectivity index (χ1v) is 9.22. The maximum absolute atomic E-state index is 12.8. The summed E-state index contributed by atoms with van der Waals surface area (Å²) >= 11 is 0. The van der Waals surface area contributed by atoms with Crippen molar-refractivity contribution >= 4 is 28.2 Å². The lowest BCUT2D eigenvalue weighted by Crippen LogP contribution is -2.48. The van der Waals surface area contributed by atoms with Crippen molar-refractivity contribution in [3.8, 4) is 5.75 Å². The quantitative estimate of drug-likeness (QED) is 0.396. The van der Waals surface area contributed by atoms with E-state index in [1.807, 2.05) is 20.9 Å². The fraction of sp³-hybridized carbons (Fsp3) is 0.350. The van der Waals surface area contributed by atoms with Gasteiger partial charge in [0.2, 0.25) is 0 Å². The number of aryl methyl sites for hydroxylation is 2. The molecule has 1 fully saturated rings. The minimum absolute atomic E-state index is 0.273. The molecule has 3 aromatic rings. The normalized spacial score (nSPS) is 15.3. The summed E-state index contributed by atoms with van der Waals surface area (Å²) in [4.78, 5) is 29.0. The minimum atomic E-state index is -0.431. The van der Waals surface area contributed by atoms with Crippen molar-refractivity contribution < 1.29 is 19.2 Å². The van der Waals surface area contributed by atoms with Gasteiger partial charge in [-0.25, -0.2) is 4.79 Å². The first kappa shape index (κ1) is 18.2. The molecule has 4 rings (SSSR count). The van der Waals surface area contributed by atoms with Crippen molar-refractivity contribution in [1.82, 2.24) is 14.5 Å². The van der Waals surface area contributed by atoms with Crippen LogP contribution in [0.3, 0.4) is 0 Å². The first-order chi connectivity index (χ1) is 13.3. The Hall–Kier alpha value is -3.13.